The molecular weight excluding hydrogens is 506 g/mol. The topological polar surface area (TPSA) is 75.4 Å². The number of hydrogen-bond acceptors (Lipinski definition) is 6. The second-order valence-corrected chi connectivity index (χ2v) is 12.1. The molecular formula is C32H55N3O3S. The highest BCUT2D eigenvalue weighted by Gasteiger charge is 2.24. The summed E-state index contributed by atoms with van der Waals surface area (Å²) in [7, 11) is 0. The monoisotopic (exact) mass is 561 g/mol. The van der Waals surface area contributed by atoms with Crippen LogP contribution in [-0.2, 0) is 0 Å². The lowest BCUT2D eigenvalue weighted by atomic mass is 10.1. The molecule has 0 aromatic carbocycles. The molecule has 0 unspecified atom stereocenters. The van der Waals surface area contributed by atoms with Gasteiger partial charge in [-0.05, 0) is 31.7 Å². The lowest BCUT2D eigenvalue weighted by molar-refractivity contribution is 0.0753. The van der Waals surface area contributed by atoms with Crippen LogP contribution in [0.1, 0.15) is 152 Å². The summed E-state index contributed by atoms with van der Waals surface area (Å²) in [5, 5.41) is 3.63. The number of aryl methyl sites for hydroxylation is 1. The molecule has 2 heterocycles. The van der Waals surface area contributed by atoms with E-state index in [-0.39, 0.29) is 11.9 Å². The van der Waals surface area contributed by atoms with E-state index in [0.29, 0.717) is 20.7 Å². The minimum atomic E-state index is -0.406. The van der Waals surface area contributed by atoms with Gasteiger partial charge >= 0.3 is 5.63 Å². The van der Waals surface area contributed by atoms with E-state index in [4.69, 9.17) is 4.42 Å². The van der Waals surface area contributed by atoms with Crippen LogP contribution in [0.15, 0.2) is 9.21 Å². The average molecular weight is 562 g/mol. The van der Waals surface area contributed by atoms with Gasteiger partial charge in [-0.3, -0.25) is 4.79 Å². The van der Waals surface area contributed by atoms with Crippen molar-refractivity contribution in [2.24, 2.45) is 0 Å². The first kappa shape index (κ1) is 33.3. The van der Waals surface area contributed by atoms with Gasteiger partial charge in [0.2, 0.25) is 0 Å². The maximum Gasteiger partial charge on any atom is 0.349 e. The maximum absolute atomic E-state index is 13.7. The molecule has 2 rings (SSSR count). The number of nitrogens with zero attached hydrogens (tertiary/aromatic N) is 2. The second kappa shape index (κ2) is 20.1. The molecule has 0 aliphatic heterocycles. The molecule has 7 heteroatoms. The molecule has 0 saturated carbocycles. The number of rotatable bonds is 23. The van der Waals surface area contributed by atoms with Gasteiger partial charge in [0, 0.05) is 19.6 Å². The largest absolute Gasteiger partial charge is 0.389 e. The van der Waals surface area contributed by atoms with E-state index in [2.05, 4.69) is 31.1 Å². The molecule has 0 aliphatic carbocycles. The number of amides is 1. The van der Waals surface area contributed by atoms with Crippen LogP contribution in [0.25, 0.3) is 10.2 Å². The molecule has 1 N–H and O–H groups in total. The highest BCUT2D eigenvalue weighted by atomic mass is 32.1. The number of fused-ring (bicyclic) bond motifs is 1. The molecule has 39 heavy (non-hydrogen) atoms. The van der Waals surface area contributed by atoms with E-state index in [0.717, 1.165) is 58.2 Å². The Kier molecular flexibility index (Phi) is 17.1. The van der Waals surface area contributed by atoms with Crippen molar-refractivity contribution in [3.05, 3.63) is 20.9 Å². The molecule has 2 aromatic heterocycles. The lowest BCUT2D eigenvalue weighted by Gasteiger charge is -2.22. The Bertz CT molecular complexity index is 984. The number of nitrogens with one attached hydrogen (secondary N) is 1. The molecule has 0 aliphatic rings. The molecule has 2 aromatic rings. The van der Waals surface area contributed by atoms with Crippen molar-refractivity contribution >= 4 is 33.5 Å². The van der Waals surface area contributed by atoms with E-state index >= 15 is 0 Å². The van der Waals surface area contributed by atoms with E-state index in [1.807, 2.05) is 11.8 Å². The summed E-state index contributed by atoms with van der Waals surface area (Å²) in [4.78, 5) is 34.4. The summed E-state index contributed by atoms with van der Waals surface area (Å²) in [5.74, 6) is 0.0404. The van der Waals surface area contributed by atoms with Crippen LogP contribution in [-0.4, -0.2) is 35.4 Å². The van der Waals surface area contributed by atoms with Gasteiger partial charge in [-0.25, -0.2) is 4.79 Å². The third-order valence-corrected chi connectivity index (χ3v) is 8.75. The quantitative estimate of drug-likeness (QED) is 0.137. The Morgan fingerprint density at radius 1 is 0.769 bits per heavy atom. The minimum absolute atomic E-state index is 0.0404. The Morgan fingerprint density at radius 2 is 1.26 bits per heavy atom. The van der Waals surface area contributed by atoms with E-state index in [1.54, 1.807) is 0 Å². The zero-order valence-electron chi connectivity index (χ0n) is 25.4. The van der Waals surface area contributed by atoms with Gasteiger partial charge in [-0.15, -0.1) is 11.3 Å². The standard InChI is InChI=1S/C32H55N3O3S/c1-5-8-11-14-17-20-23-33-32-34-29-27(31(37)38-32)26(4)28(39-29)30(36)35(24-21-18-15-12-9-6-2)25-22-19-16-13-10-7-3/h5-25H2,1-4H3,(H,33,34). The van der Waals surface area contributed by atoms with Crippen molar-refractivity contribution in [2.45, 2.75) is 143 Å². The van der Waals surface area contributed by atoms with Gasteiger partial charge in [-0.1, -0.05) is 117 Å². The maximum atomic E-state index is 13.7. The Morgan fingerprint density at radius 3 is 1.79 bits per heavy atom. The van der Waals surface area contributed by atoms with Crippen LogP contribution in [0.2, 0.25) is 0 Å². The highest BCUT2D eigenvalue weighted by molar-refractivity contribution is 7.20. The number of carbonyl (C=O) groups excluding carboxylic acids is 1. The van der Waals surface area contributed by atoms with Crippen LogP contribution in [0.3, 0.4) is 0 Å². The van der Waals surface area contributed by atoms with Crippen molar-refractivity contribution in [3.63, 3.8) is 0 Å². The van der Waals surface area contributed by atoms with Gasteiger partial charge in [0.1, 0.15) is 10.2 Å². The number of anilines is 1. The smallest absolute Gasteiger partial charge is 0.349 e. The minimum Gasteiger partial charge on any atom is -0.389 e. The first-order chi connectivity index (χ1) is 19.0. The normalized spacial score (nSPS) is 11.4. The van der Waals surface area contributed by atoms with Crippen LogP contribution in [0.4, 0.5) is 6.01 Å². The van der Waals surface area contributed by atoms with Gasteiger partial charge in [0.25, 0.3) is 11.9 Å². The van der Waals surface area contributed by atoms with E-state index in [9.17, 15) is 9.59 Å². The molecule has 0 fully saturated rings. The summed E-state index contributed by atoms with van der Waals surface area (Å²) >= 11 is 1.34. The number of unbranched alkanes of at least 4 members (excludes halogenated alkanes) is 15. The Hall–Kier alpha value is -1.89. The molecule has 0 spiro atoms. The van der Waals surface area contributed by atoms with Crippen LogP contribution in [0, 0.1) is 6.92 Å². The first-order valence-corrected chi connectivity index (χ1v) is 16.8. The number of thiophene rings is 1. The summed E-state index contributed by atoms with van der Waals surface area (Å²) in [5.41, 5.74) is 0.302. The molecule has 0 radical (unpaired) electrons. The van der Waals surface area contributed by atoms with Crippen molar-refractivity contribution in [1.82, 2.24) is 9.88 Å². The third-order valence-electron chi connectivity index (χ3n) is 7.58. The van der Waals surface area contributed by atoms with Crippen molar-refractivity contribution in [1.29, 1.82) is 0 Å². The summed E-state index contributed by atoms with van der Waals surface area (Å²) < 4.78 is 5.50. The third kappa shape index (κ3) is 12.0. The first-order valence-electron chi connectivity index (χ1n) is 16.0. The fourth-order valence-corrected chi connectivity index (χ4v) is 6.21. The summed E-state index contributed by atoms with van der Waals surface area (Å²) in [6.07, 6.45) is 21.6. The zero-order valence-corrected chi connectivity index (χ0v) is 26.2. The number of carbonyl (C=O) groups is 1. The average Bonchev–Trinajstić information content (AvgIpc) is 3.26. The van der Waals surface area contributed by atoms with E-state index in [1.165, 1.54) is 88.4 Å². The molecule has 0 saturated heterocycles. The number of aromatic nitrogens is 1. The molecule has 0 bridgehead atoms. The second-order valence-electron chi connectivity index (χ2n) is 11.1. The fraction of sp³-hybridized carbons (Fsp3) is 0.781. The number of hydrogen-bond donors (Lipinski definition) is 1. The predicted molar refractivity (Wildman–Crippen MR) is 167 cm³/mol. The Labute approximate surface area is 241 Å². The van der Waals surface area contributed by atoms with Crippen molar-refractivity contribution in [2.75, 3.05) is 25.0 Å². The van der Waals surface area contributed by atoms with E-state index < -0.39 is 5.63 Å². The molecule has 0 atom stereocenters. The van der Waals surface area contributed by atoms with Crippen LogP contribution in [0.5, 0.6) is 0 Å². The molecule has 6 nitrogen and oxygen atoms in total. The summed E-state index contributed by atoms with van der Waals surface area (Å²) in [6, 6.07) is 0.261. The van der Waals surface area contributed by atoms with Gasteiger partial charge in [0.15, 0.2) is 0 Å². The van der Waals surface area contributed by atoms with Gasteiger partial charge in [0.05, 0.1) is 4.88 Å². The zero-order chi connectivity index (χ0) is 28.3. The van der Waals surface area contributed by atoms with Crippen LogP contribution >= 0.6 is 11.3 Å². The highest BCUT2D eigenvalue weighted by Crippen LogP contribution is 2.29. The summed E-state index contributed by atoms with van der Waals surface area (Å²) in [6.45, 7) is 10.8. The van der Waals surface area contributed by atoms with Gasteiger partial charge < -0.3 is 14.6 Å². The van der Waals surface area contributed by atoms with Gasteiger partial charge in [-0.2, -0.15) is 4.98 Å². The molecule has 1 amide bonds. The van der Waals surface area contributed by atoms with Crippen molar-refractivity contribution < 1.29 is 9.21 Å². The SMILES string of the molecule is CCCCCCCCNc1nc2sc(C(=O)N(CCCCCCCC)CCCCCCCC)c(C)c2c(=O)o1. The van der Waals surface area contributed by atoms with Crippen LogP contribution < -0.4 is 10.9 Å². The Balaban J connectivity index is 2.05. The molecule has 222 valence electrons. The predicted octanol–water partition coefficient (Wildman–Crippen LogP) is 9.49. The fourth-order valence-electron chi connectivity index (χ4n) is 5.08. The lowest BCUT2D eigenvalue weighted by Crippen LogP contribution is -2.33. The van der Waals surface area contributed by atoms with Crippen molar-refractivity contribution in [3.8, 4) is 0 Å².